The first-order valence-electron chi connectivity index (χ1n) is 3.70. The van der Waals surface area contributed by atoms with Gasteiger partial charge in [-0.25, -0.2) is 0 Å². The predicted octanol–water partition coefficient (Wildman–Crippen LogP) is 3.34. The topological polar surface area (TPSA) is 20.2 Å². The second-order valence-corrected chi connectivity index (χ2v) is 3.61. The molecule has 5 heteroatoms. The Labute approximate surface area is 87.7 Å². The summed E-state index contributed by atoms with van der Waals surface area (Å²) in [5.41, 5.74) is -0.668. The van der Waals surface area contributed by atoms with Crippen LogP contribution in [0.5, 0.6) is 0 Å². The van der Waals surface area contributed by atoms with E-state index in [2.05, 4.69) is 22.9 Å². The third-order valence-corrected chi connectivity index (χ3v) is 2.37. The molecule has 0 fully saturated rings. The molecule has 0 aliphatic heterocycles. The summed E-state index contributed by atoms with van der Waals surface area (Å²) in [5.74, 6) is 0. The van der Waals surface area contributed by atoms with E-state index in [9.17, 15) is 13.2 Å². The molecule has 0 aliphatic carbocycles. The van der Waals surface area contributed by atoms with Gasteiger partial charge in [0.05, 0.1) is 11.7 Å². The molecule has 1 aromatic rings. The maximum Gasteiger partial charge on any atom is 0.417 e. The van der Waals surface area contributed by atoms with Crippen molar-refractivity contribution < 1.29 is 18.3 Å². The van der Waals surface area contributed by atoms with Crippen LogP contribution in [0.15, 0.2) is 22.7 Å². The number of halogens is 4. The molecule has 1 N–H and O–H groups in total. The molecule has 0 amide bonds. The van der Waals surface area contributed by atoms with Gasteiger partial charge in [0, 0.05) is 4.47 Å². The summed E-state index contributed by atoms with van der Waals surface area (Å²) in [5, 5.41) is 9.01. The van der Waals surface area contributed by atoms with Gasteiger partial charge in [0.2, 0.25) is 0 Å². The standard InChI is InChI=1S/C9H7BrF3O/c1-5(14)6-2-3-8(10)7(4-6)9(11,12)13/h2-5,14H,1H2. The van der Waals surface area contributed by atoms with Crippen molar-refractivity contribution in [1.29, 1.82) is 0 Å². The maximum absolute atomic E-state index is 12.4. The van der Waals surface area contributed by atoms with Crippen molar-refractivity contribution in [3.63, 3.8) is 0 Å². The van der Waals surface area contributed by atoms with E-state index in [1.165, 1.54) is 12.1 Å². The quantitative estimate of drug-likeness (QED) is 0.828. The Kier molecular flexibility index (Phi) is 3.21. The molecule has 77 valence electrons. The molecule has 0 aromatic heterocycles. The smallest absolute Gasteiger partial charge is 0.388 e. The maximum atomic E-state index is 12.4. The van der Waals surface area contributed by atoms with Crippen molar-refractivity contribution in [3.8, 4) is 0 Å². The van der Waals surface area contributed by atoms with E-state index in [1.807, 2.05) is 0 Å². The molecule has 14 heavy (non-hydrogen) atoms. The van der Waals surface area contributed by atoms with Gasteiger partial charge in [0.25, 0.3) is 0 Å². The average molecular weight is 268 g/mol. The van der Waals surface area contributed by atoms with Crippen LogP contribution in [0.1, 0.15) is 17.2 Å². The van der Waals surface area contributed by atoms with Crippen molar-refractivity contribution in [3.05, 3.63) is 40.7 Å². The third kappa shape index (κ3) is 2.48. The van der Waals surface area contributed by atoms with Crippen LogP contribution in [0.4, 0.5) is 13.2 Å². The predicted molar refractivity (Wildman–Crippen MR) is 49.5 cm³/mol. The molecule has 0 spiro atoms. The Balaban J connectivity index is 3.22. The van der Waals surface area contributed by atoms with Gasteiger partial charge in [-0.3, -0.25) is 0 Å². The number of alkyl halides is 3. The highest BCUT2D eigenvalue weighted by atomic mass is 79.9. The van der Waals surface area contributed by atoms with Crippen LogP contribution in [0.25, 0.3) is 0 Å². The highest BCUT2D eigenvalue weighted by Crippen LogP contribution is 2.36. The van der Waals surface area contributed by atoms with Crippen molar-refractivity contribution in [2.75, 3.05) is 0 Å². The summed E-state index contributed by atoms with van der Waals surface area (Å²) in [6.45, 7) is 3.23. The van der Waals surface area contributed by atoms with Crippen LogP contribution in [-0.4, -0.2) is 5.11 Å². The lowest BCUT2D eigenvalue weighted by atomic mass is 10.1. The lowest BCUT2D eigenvalue weighted by Crippen LogP contribution is -2.07. The molecule has 0 heterocycles. The van der Waals surface area contributed by atoms with Gasteiger partial charge in [-0.15, -0.1) is 0 Å². The second kappa shape index (κ2) is 3.90. The van der Waals surface area contributed by atoms with Crippen LogP contribution in [0.2, 0.25) is 0 Å². The monoisotopic (exact) mass is 267 g/mol. The minimum atomic E-state index is -4.43. The largest absolute Gasteiger partial charge is 0.417 e. The Bertz CT molecular complexity index is 333. The van der Waals surface area contributed by atoms with Crippen LogP contribution >= 0.6 is 15.9 Å². The zero-order valence-corrected chi connectivity index (χ0v) is 8.56. The summed E-state index contributed by atoms with van der Waals surface area (Å²) in [4.78, 5) is 0. The van der Waals surface area contributed by atoms with Gasteiger partial charge in [0.15, 0.2) is 0 Å². The Hall–Kier alpha value is -0.550. The van der Waals surface area contributed by atoms with E-state index in [0.29, 0.717) is 0 Å². The van der Waals surface area contributed by atoms with Gasteiger partial charge in [0.1, 0.15) is 0 Å². The molecular weight excluding hydrogens is 261 g/mol. The molecule has 0 bridgehead atoms. The van der Waals surface area contributed by atoms with Crippen molar-refractivity contribution in [1.82, 2.24) is 0 Å². The zero-order valence-electron chi connectivity index (χ0n) is 6.98. The highest BCUT2D eigenvalue weighted by molar-refractivity contribution is 9.10. The molecule has 0 saturated heterocycles. The van der Waals surface area contributed by atoms with Crippen LogP contribution in [-0.2, 0) is 6.18 Å². The molecule has 1 aromatic carbocycles. The molecule has 1 unspecified atom stereocenters. The fraction of sp³-hybridized carbons (Fsp3) is 0.222. The summed E-state index contributed by atoms with van der Waals surface area (Å²) >= 11 is 2.79. The fourth-order valence-corrected chi connectivity index (χ4v) is 1.44. The Morgan fingerprint density at radius 2 is 1.93 bits per heavy atom. The van der Waals surface area contributed by atoms with Gasteiger partial charge in [-0.2, -0.15) is 13.2 Å². The zero-order chi connectivity index (χ0) is 10.9. The minimum absolute atomic E-state index is 0.0469. The number of hydrogen-bond acceptors (Lipinski definition) is 1. The summed E-state index contributed by atoms with van der Waals surface area (Å²) in [6.07, 6.45) is -5.58. The number of rotatable bonds is 1. The van der Waals surface area contributed by atoms with Crippen LogP contribution in [0, 0.1) is 6.92 Å². The SMILES string of the molecule is [CH2]C(O)c1ccc(Br)c(C(F)(F)F)c1. The number of hydrogen-bond donors (Lipinski definition) is 1. The van der Waals surface area contributed by atoms with Crippen molar-refractivity contribution >= 4 is 15.9 Å². The third-order valence-electron chi connectivity index (χ3n) is 1.68. The molecule has 1 nitrogen and oxygen atoms in total. The molecule has 0 saturated carbocycles. The van der Waals surface area contributed by atoms with Gasteiger partial charge >= 0.3 is 6.18 Å². The number of aliphatic hydroxyl groups is 1. The van der Waals surface area contributed by atoms with Gasteiger partial charge in [-0.1, -0.05) is 22.0 Å². The van der Waals surface area contributed by atoms with Gasteiger partial charge < -0.3 is 5.11 Å². The fourth-order valence-electron chi connectivity index (χ4n) is 0.967. The van der Waals surface area contributed by atoms with Crippen molar-refractivity contribution in [2.24, 2.45) is 0 Å². The number of aliphatic hydroxyl groups excluding tert-OH is 1. The first-order chi connectivity index (χ1) is 6.32. The second-order valence-electron chi connectivity index (χ2n) is 2.75. The summed E-state index contributed by atoms with van der Waals surface area (Å²) in [6, 6.07) is 3.51. The highest BCUT2D eigenvalue weighted by Gasteiger charge is 2.33. The summed E-state index contributed by atoms with van der Waals surface area (Å²) in [7, 11) is 0. The molecule has 1 radical (unpaired) electrons. The number of benzene rings is 1. The summed E-state index contributed by atoms with van der Waals surface area (Å²) < 4.78 is 37.0. The van der Waals surface area contributed by atoms with Crippen LogP contribution in [0.3, 0.4) is 0 Å². The van der Waals surface area contributed by atoms with E-state index < -0.39 is 17.8 Å². The van der Waals surface area contributed by atoms with E-state index in [1.54, 1.807) is 0 Å². The first kappa shape index (κ1) is 11.5. The van der Waals surface area contributed by atoms with E-state index in [4.69, 9.17) is 5.11 Å². The van der Waals surface area contributed by atoms with Crippen LogP contribution < -0.4 is 0 Å². The lowest BCUT2D eigenvalue weighted by molar-refractivity contribution is -0.138. The molecule has 1 atom stereocenters. The molecule has 0 aliphatic rings. The Morgan fingerprint density at radius 3 is 2.36 bits per heavy atom. The Morgan fingerprint density at radius 1 is 1.36 bits per heavy atom. The van der Waals surface area contributed by atoms with Gasteiger partial charge in [-0.05, 0) is 24.6 Å². The van der Waals surface area contributed by atoms with E-state index in [0.717, 1.165) is 6.07 Å². The normalized spacial score (nSPS) is 14.1. The minimum Gasteiger partial charge on any atom is -0.388 e. The van der Waals surface area contributed by atoms with E-state index >= 15 is 0 Å². The first-order valence-corrected chi connectivity index (χ1v) is 4.49. The lowest BCUT2D eigenvalue weighted by Gasteiger charge is -2.12. The van der Waals surface area contributed by atoms with E-state index in [-0.39, 0.29) is 10.0 Å². The molecular formula is C9H7BrF3O. The van der Waals surface area contributed by atoms with Crippen molar-refractivity contribution in [2.45, 2.75) is 12.3 Å². The average Bonchev–Trinajstić information content (AvgIpc) is 2.02. The molecule has 1 rings (SSSR count).